The first-order valence-corrected chi connectivity index (χ1v) is 12.6. The Hall–Kier alpha value is -3.16. The molecule has 2 aliphatic rings. The van der Waals surface area contributed by atoms with E-state index in [9.17, 15) is 9.90 Å². The van der Waals surface area contributed by atoms with Crippen molar-refractivity contribution < 1.29 is 9.84 Å². The van der Waals surface area contributed by atoms with E-state index in [1.807, 2.05) is 30.3 Å². The molecule has 0 saturated carbocycles. The van der Waals surface area contributed by atoms with Crippen molar-refractivity contribution in [2.75, 3.05) is 38.3 Å². The first kappa shape index (κ1) is 23.6. The Morgan fingerprint density at radius 3 is 2.63 bits per heavy atom. The number of anilines is 1. The summed E-state index contributed by atoms with van der Waals surface area (Å²) in [4.78, 5) is 24.5. The third-order valence-electron chi connectivity index (χ3n) is 7.23. The number of likely N-dealkylation sites (tertiary alicyclic amines) is 1. The van der Waals surface area contributed by atoms with Gasteiger partial charge in [-0.25, -0.2) is 0 Å². The van der Waals surface area contributed by atoms with Crippen molar-refractivity contribution in [3.8, 4) is 5.88 Å². The summed E-state index contributed by atoms with van der Waals surface area (Å²) in [6.07, 6.45) is 7.73. The lowest BCUT2D eigenvalue weighted by Crippen LogP contribution is -2.32. The number of aliphatic imine (C=N–C) groups is 1. The van der Waals surface area contributed by atoms with Crippen LogP contribution in [0, 0.1) is 0 Å². The van der Waals surface area contributed by atoms with Gasteiger partial charge in [0.1, 0.15) is 0 Å². The van der Waals surface area contributed by atoms with Gasteiger partial charge in [-0.05, 0) is 74.7 Å². The lowest BCUT2D eigenvalue weighted by Gasteiger charge is -2.26. The second-order valence-electron chi connectivity index (χ2n) is 9.65. The van der Waals surface area contributed by atoms with E-state index in [4.69, 9.17) is 4.74 Å². The highest BCUT2D eigenvalue weighted by Gasteiger charge is 2.25. The van der Waals surface area contributed by atoms with Crippen molar-refractivity contribution in [1.82, 2.24) is 9.88 Å². The highest BCUT2D eigenvalue weighted by molar-refractivity contribution is 6.03. The number of pyridine rings is 1. The number of nitrogens with zero attached hydrogens (tertiary/aromatic N) is 3. The number of rotatable bonds is 7. The second kappa shape index (κ2) is 10.6. The number of fused-ring (bicyclic) bond motifs is 1. The lowest BCUT2D eigenvalue weighted by atomic mass is 10.1. The van der Waals surface area contributed by atoms with Crippen LogP contribution >= 0.6 is 0 Å². The summed E-state index contributed by atoms with van der Waals surface area (Å²) < 4.78 is 5.40. The fourth-order valence-corrected chi connectivity index (χ4v) is 5.38. The number of aromatic hydroxyl groups is 1. The summed E-state index contributed by atoms with van der Waals surface area (Å²) in [6.45, 7) is 4.93. The molecule has 0 radical (unpaired) electrons. The van der Waals surface area contributed by atoms with Crippen LogP contribution in [-0.4, -0.2) is 60.6 Å². The quantitative estimate of drug-likeness (QED) is 0.490. The molecule has 3 heterocycles. The average Bonchev–Trinajstić information content (AvgIpc) is 3.34. The van der Waals surface area contributed by atoms with Crippen molar-refractivity contribution in [1.29, 1.82) is 0 Å². The predicted molar refractivity (Wildman–Crippen MR) is 141 cm³/mol. The molecular formula is C28H34N4O3. The zero-order valence-corrected chi connectivity index (χ0v) is 20.4. The van der Waals surface area contributed by atoms with Crippen LogP contribution in [0.15, 0.2) is 52.3 Å². The van der Waals surface area contributed by atoms with Crippen LogP contribution in [-0.2, 0) is 11.3 Å². The van der Waals surface area contributed by atoms with Gasteiger partial charge in [-0.2, -0.15) is 0 Å². The SMILES string of the molecule is COC[C@H]1CCCN1c1ccc2c(=O)[nH]c(O)c(C=Nc3ccc(CN4CCCCC4)cc3)c2c1. The molecule has 0 amide bonds. The van der Waals surface area contributed by atoms with E-state index in [2.05, 4.69) is 31.9 Å². The highest BCUT2D eigenvalue weighted by Crippen LogP contribution is 2.31. The largest absolute Gasteiger partial charge is 0.494 e. The molecule has 2 aliphatic heterocycles. The van der Waals surface area contributed by atoms with Gasteiger partial charge < -0.3 is 14.7 Å². The lowest BCUT2D eigenvalue weighted by molar-refractivity contribution is 0.181. The van der Waals surface area contributed by atoms with Gasteiger partial charge in [0.2, 0.25) is 5.88 Å². The van der Waals surface area contributed by atoms with Gasteiger partial charge in [-0.3, -0.25) is 19.7 Å². The van der Waals surface area contributed by atoms with E-state index in [-0.39, 0.29) is 11.4 Å². The molecular weight excluding hydrogens is 440 g/mol. The van der Waals surface area contributed by atoms with Gasteiger partial charge >= 0.3 is 0 Å². The number of H-pyrrole nitrogens is 1. The van der Waals surface area contributed by atoms with E-state index < -0.39 is 0 Å². The molecule has 2 N–H and O–H groups in total. The Morgan fingerprint density at radius 1 is 1.06 bits per heavy atom. The zero-order valence-electron chi connectivity index (χ0n) is 20.4. The molecule has 0 spiro atoms. The standard InChI is InChI=1S/C28H34N4O3/c1-35-19-23-6-5-15-32(23)22-11-12-24-25(16-22)26(28(34)30-27(24)33)17-29-21-9-7-20(8-10-21)18-31-13-3-2-4-14-31/h7-12,16-17,23H,2-6,13-15,18-19H2,1H3,(H2,30,33,34)/t23-/m1/s1. The minimum Gasteiger partial charge on any atom is -0.494 e. The normalized spacial score (nSPS) is 19.2. The smallest absolute Gasteiger partial charge is 0.258 e. The summed E-state index contributed by atoms with van der Waals surface area (Å²) in [5.74, 6) is -0.167. The van der Waals surface area contributed by atoms with Crippen molar-refractivity contribution in [3.05, 3.63) is 63.9 Å². The van der Waals surface area contributed by atoms with Crippen molar-refractivity contribution in [2.24, 2.45) is 4.99 Å². The van der Waals surface area contributed by atoms with Crippen LogP contribution < -0.4 is 10.5 Å². The Kier molecular flexibility index (Phi) is 7.16. The number of nitrogens with one attached hydrogen (secondary N) is 1. The fraction of sp³-hybridized carbons (Fsp3) is 0.429. The van der Waals surface area contributed by atoms with Crippen LogP contribution in [0.2, 0.25) is 0 Å². The number of aromatic amines is 1. The summed E-state index contributed by atoms with van der Waals surface area (Å²) >= 11 is 0. The third kappa shape index (κ3) is 5.26. The molecule has 3 aromatic rings. The number of benzene rings is 2. The van der Waals surface area contributed by atoms with Crippen LogP contribution in [0.4, 0.5) is 11.4 Å². The Labute approximate surface area is 206 Å². The fourth-order valence-electron chi connectivity index (χ4n) is 5.38. The molecule has 1 atom stereocenters. The molecule has 7 nitrogen and oxygen atoms in total. The zero-order chi connectivity index (χ0) is 24.2. The second-order valence-corrected chi connectivity index (χ2v) is 9.65. The Morgan fingerprint density at radius 2 is 1.86 bits per heavy atom. The molecule has 2 fully saturated rings. The molecule has 5 rings (SSSR count). The van der Waals surface area contributed by atoms with Crippen LogP contribution in [0.1, 0.15) is 43.2 Å². The maximum Gasteiger partial charge on any atom is 0.258 e. The number of piperidine rings is 1. The van der Waals surface area contributed by atoms with Crippen LogP contribution in [0.5, 0.6) is 5.88 Å². The number of ether oxygens (including phenoxy) is 1. The number of hydrogen-bond donors (Lipinski definition) is 2. The van der Waals surface area contributed by atoms with E-state index >= 15 is 0 Å². The number of aromatic nitrogens is 1. The summed E-state index contributed by atoms with van der Waals surface area (Å²) in [6, 6.07) is 14.4. The summed E-state index contributed by atoms with van der Waals surface area (Å²) in [5.41, 5.74) is 3.32. The number of methoxy groups -OCH3 is 1. The van der Waals surface area contributed by atoms with Crippen molar-refractivity contribution >= 4 is 28.4 Å². The molecule has 184 valence electrons. The maximum absolute atomic E-state index is 12.5. The van der Waals surface area contributed by atoms with E-state index in [1.165, 1.54) is 37.9 Å². The average molecular weight is 475 g/mol. The topological polar surface area (TPSA) is 81.2 Å². The minimum absolute atomic E-state index is 0.167. The molecule has 1 aromatic heterocycles. The summed E-state index contributed by atoms with van der Waals surface area (Å²) in [5, 5.41) is 11.8. The van der Waals surface area contributed by atoms with Crippen molar-refractivity contribution in [2.45, 2.75) is 44.7 Å². The highest BCUT2D eigenvalue weighted by atomic mass is 16.5. The van der Waals surface area contributed by atoms with Crippen molar-refractivity contribution in [3.63, 3.8) is 0 Å². The van der Waals surface area contributed by atoms with Crippen LogP contribution in [0.25, 0.3) is 10.8 Å². The molecule has 2 aromatic carbocycles. The summed E-state index contributed by atoms with van der Waals surface area (Å²) in [7, 11) is 1.73. The molecule has 0 bridgehead atoms. The molecule has 35 heavy (non-hydrogen) atoms. The first-order chi connectivity index (χ1) is 17.1. The predicted octanol–water partition coefficient (Wildman–Crippen LogP) is 4.59. The van der Waals surface area contributed by atoms with Gasteiger partial charge in [-0.15, -0.1) is 0 Å². The van der Waals surface area contributed by atoms with Crippen LogP contribution in [0.3, 0.4) is 0 Å². The third-order valence-corrected chi connectivity index (χ3v) is 7.23. The van der Waals surface area contributed by atoms with E-state index in [1.54, 1.807) is 13.3 Å². The number of hydrogen-bond acceptors (Lipinski definition) is 6. The van der Waals surface area contributed by atoms with Gasteiger partial charge in [0.25, 0.3) is 5.56 Å². The van der Waals surface area contributed by atoms with E-state index in [0.717, 1.165) is 37.3 Å². The van der Waals surface area contributed by atoms with Gasteiger partial charge in [0.05, 0.1) is 23.9 Å². The Bertz CT molecular complexity index is 1250. The maximum atomic E-state index is 12.5. The molecule has 7 heteroatoms. The first-order valence-electron chi connectivity index (χ1n) is 12.6. The molecule has 0 unspecified atom stereocenters. The Balaban J connectivity index is 1.41. The van der Waals surface area contributed by atoms with Gasteiger partial charge in [0, 0.05) is 42.9 Å². The minimum atomic E-state index is -0.307. The van der Waals surface area contributed by atoms with Gasteiger partial charge in [0.15, 0.2) is 0 Å². The molecule has 0 aliphatic carbocycles. The van der Waals surface area contributed by atoms with E-state index in [0.29, 0.717) is 29.0 Å². The molecule has 2 saturated heterocycles. The van der Waals surface area contributed by atoms with Gasteiger partial charge in [-0.1, -0.05) is 18.6 Å². The monoisotopic (exact) mass is 474 g/mol.